The van der Waals surface area contributed by atoms with Gasteiger partial charge in [-0.1, -0.05) is 0 Å². The van der Waals surface area contributed by atoms with Crippen LogP contribution in [0.25, 0.3) is 21.6 Å². The van der Waals surface area contributed by atoms with Gasteiger partial charge in [0.1, 0.15) is 5.60 Å². The van der Waals surface area contributed by atoms with E-state index in [1.165, 1.54) is 11.3 Å². The molecule has 3 N–H and O–H groups in total. The molecule has 0 amide bonds. The zero-order chi connectivity index (χ0) is 19.7. The first-order chi connectivity index (χ1) is 13.5. The van der Waals surface area contributed by atoms with Crippen molar-refractivity contribution < 1.29 is 14.6 Å². The Morgan fingerprint density at radius 3 is 2.68 bits per heavy atom. The minimum Gasteiger partial charge on any atom is -0.382 e. The van der Waals surface area contributed by atoms with Crippen LogP contribution in [0.15, 0.2) is 18.5 Å². The van der Waals surface area contributed by atoms with E-state index in [1.54, 1.807) is 26.4 Å². The quantitative estimate of drug-likeness (QED) is 0.653. The lowest BCUT2D eigenvalue weighted by Gasteiger charge is -2.28. The number of hydrogen-bond acceptors (Lipinski definition) is 10. The average Bonchev–Trinajstić information content (AvgIpc) is 3.14. The zero-order valence-electron chi connectivity index (χ0n) is 15.8. The fourth-order valence-electron chi connectivity index (χ4n) is 3.10. The van der Waals surface area contributed by atoms with Gasteiger partial charge in [-0.25, -0.2) is 19.9 Å². The predicted molar refractivity (Wildman–Crippen MR) is 107 cm³/mol. The Bertz CT molecular complexity index is 969. The minimum atomic E-state index is -1.10. The first-order valence-corrected chi connectivity index (χ1v) is 9.73. The van der Waals surface area contributed by atoms with Crippen LogP contribution in [-0.4, -0.2) is 65.1 Å². The number of morpholine rings is 1. The number of thiophene rings is 1. The molecular weight excluding hydrogens is 380 g/mol. The van der Waals surface area contributed by atoms with Crippen molar-refractivity contribution in [3.05, 3.63) is 23.3 Å². The summed E-state index contributed by atoms with van der Waals surface area (Å²) in [6.07, 6.45) is 3.22. The second-order valence-corrected chi connectivity index (χ2v) is 7.88. The maximum absolute atomic E-state index is 10.8. The topological polar surface area (TPSA) is 120 Å². The molecule has 1 saturated heterocycles. The molecule has 9 nitrogen and oxygen atoms in total. The van der Waals surface area contributed by atoms with Crippen molar-refractivity contribution in [2.75, 3.05) is 50.7 Å². The molecule has 1 fully saturated rings. The Balaban J connectivity index is 1.86. The molecule has 4 heterocycles. The van der Waals surface area contributed by atoms with Gasteiger partial charge in [-0.05, 0) is 13.0 Å². The van der Waals surface area contributed by atoms with E-state index in [4.69, 9.17) is 25.2 Å². The molecule has 4 rings (SSSR count). The van der Waals surface area contributed by atoms with Crippen molar-refractivity contribution in [3.63, 3.8) is 0 Å². The molecule has 148 valence electrons. The fourth-order valence-corrected chi connectivity index (χ4v) is 4.25. The van der Waals surface area contributed by atoms with E-state index < -0.39 is 5.60 Å². The lowest BCUT2D eigenvalue weighted by Crippen LogP contribution is -2.36. The third-order valence-corrected chi connectivity index (χ3v) is 5.92. The Morgan fingerprint density at radius 2 is 2.00 bits per heavy atom. The monoisotopic (exact) mass is 402 g/mol. The van der Waals surface area contributed by atoms with E-state index in [2.05, 4.69) is 14.9 Å². The van der Waals surface area contributed by atoms with Gasteiger partial charge in [0.05, 0.1) is 35.6 Å². The lowest BCUT2D eigenvalue weighted by atomic mass is 10.1. The number of ether oxygens (including phenoxy) is 2. The van der Waals surface area contributed by atoms with Crippen molar-refractivity contribution in [2.45, 2.75) is 12.5 Å². The van der Waals surface area contributed by atoms with Gasteiger partial charge in [0.2, 0.25) is 5.95 Å². The van der Waals surface area contributed by atoms with Crippen LogP contribution in [0.3, 0.4) is 0 Å². The number of nitrogens with two attached hydrogens (primary N) is 1. The first kappa shape index (κ1) is 18.9. The van der Waals surface area contributed by atoms with Gasteiger partial charge in [-0.15, -0.1) is 11.3 Å². The van der Waals surface area contributed by atoms with Crippen LogP contribution in [0, 0.1) is 0 Å². The highest BCUT2D eigenvalue weighted by molar-refractivity contribution is 7.19. The van der Waals surface area contributed by atoms with Crippen molar-refractivity contribution in [1.29, 1.82) is 0 Å². The standard InChI is InChI=1S/C18H22N6O3S/c1-18(25,10-26-2)13-7-12-14(28-13)16(24-3-5-27-6-4-24)23-15(22-12)11-8-20-17(19)21-9-11/h7-9,25H,3-6,10H2,1-2H3,(H2,19,20,21). The molecule has 1 aliphatic rings. The largest absolute Gasteiger partial charge is 0.382 e. The van der Waals surface area contributed by atoms with Crippen LogP contribution in [0.2, 0.25) is 0 Å². The molecule has 0 bridgehead atoms. The highest BCUT2D eigenvalue weighted by atomic mass is 32.1. The Labute approximate surface area is 166 Å². The molecule has 3 aromatic heterocycles. The molecule has 1 atom stereocenters. The molecule has 0 spiro atoms. The van der Waals surface area contributed by atoms with Crippen molar-refractivity contribution >= 4 is 33.3 Å². The SMILES string of the molecule is COCC(C)(O)c1cc2nc(-c3cnc(N)nc3)nc(N3CCOCC3)c2s1. The molecule has 0 saturated carbocycles. The maximum Gasteiger partial charge on any atom is 0.219 e. The molecule has 28 heavy (non-hydrogen) atoms. The predicted octanol–water partition coefficient (Wildman–Crippen LogP) is 1.42. The number of aliphatic hydroxyl groups is 1. The summed E-state index contributed by atoms with van der Waals surface area (Å²) in [6, 6.07) is 1.90. The number of methoxy groups -OCH3 is 1. The van der Waals surface area contributed by atoms with Gasteiger partial charge >= 0.3 is 0 Å². The number of anilines is 2. The molecule has 3 aromatic rings. The second kappa shape index (κ2) is 7.55. The fraction of sp³-hybridized carbons (Fsp3) is 0.444. The molecule has 10 heteroatoms. The van der Waals surface area contributed by atoms with E-state index in [-0.39, 0.29) is 12.6 Å². The summed E-state index contributed by atoms with van der Waals surface area (Å²) in [5.74, 6) is 1.54. The zero-order valence-corrected chi connectivity index (χ0v) is 16.6. The number of hydrogen-bond donors (Lipinski definition) is 2. The van der Waals surface area contributed by atoms with Crippen LogP contribution in [0.1, 0.15) is 11.8 Å². The van der Waals surface area contributed by atoms with Crippen molar-refractivity contribution in [2.24, 2.45) is 0 Å². The minimum absolute atomic E-state index is 0.193. The Hall–Kier alpha value is -2.40. The number of aromatic nitrogens is 4. The smallest absolute Gasteiger partial charge is 0.219 e. The van der Waals surface area contributed by atoms with Crippen LogP contribution >= 0.6 is 11.3 Å². The lowest BCUT2D eigenvalue weighted by molar-refractivity contribution is -0.0180. The number of nitrogens with zero attached hydrogens (tertiary/aromatic N) is 5. The molecule has 1 aliphatic heterocycles. The highest BCUT2D eigenvalue weighted by Crippen LogP contribution is 2.38. The van der Waals surface area contributed by atoms with Gasteiger partial charge < -0.3 is 25.2 Å². The average molecular weight is 402 g/mol. The first-order valence-electron chi connectivity index (χ1n) is 8.92. The summed E-state index contributed by atoms with van der Waals surface area (Å²) in [7, 11) is 1.57. The highest BCUT2D eigenvalue weighted by Gasteiger charge is 2.28. The third-order valence-electron chi connectivity index (χ3n) is 4.55. The normalized spacial score (nSPS) is 17.0. The van der Waals surface area contributed by atoms with E-state index in [0.717, 1.165) is 34.0 Å². The molecule has 1 unspecified atom stereocenters. The van der Waals surface area contributed by atoms with Crippen LogP contribution in [0.5, 0.6) is 0 Å². The molecular formula is C18H22N6O3S. The van der Waals surface area contributed by atoms with E-state index in [9.17, 15) is 5.11 Å². The number of rotatable bonds is 5. The Morgan fingerprint density at radius 1 is 1.29 bits per heavy atom. The summed E-state index contributed by atoms with van der Waals surface area (Å²) in [4.78, 5) is 20.5. The van der Waals surface area contributed by atoms with Gasteiger partial charge in [0.15, 0.2) is 11.6 Å². The van der Waals surface area contributed by atoms with Crippen LogP contribution in [-0.2, 0) is 15.1 Å². The van der Waals surface area contributed by atoms with Crippen LogP contribution < -0.4 is 10.6 Å². The summed E-state index contributed by atoms with van der Waals surface area (Å²) < 4.78 is 11.6. The van der Waals surface area contributed by atoms with Gasteiger partial charge in [-0.3, -0.25) is 0 Å². The Kier molecular flexibility index (Phi) is 5.11. The van der Waals surface area contributed by atoms with Crippen LogP contribution in [0.4, 0.5) is 11.8 Å². The summed E-state index contributed by atoms with van der Waals surface area (Å²) in [5, 5.41) is 10.8. The van der Waals surface area contributed by atoms with Gasteiger partial charge in [0.25, 0.3) is 0 Å². The summed E-state index contributed by atoms with van der Waals surface area (Å²) in [5.41, 5.74) is 5.94. The van der Waals surface area contributed by atoms with Gasteiger partial charge in [0, 0.05) is 37.5 Å². The number of nitrogen functional groups attached to an aromatic ring is 1. The maximum atomic E-state index is 10.8. The summed E-state index contributed by atoms with van der Waals surface area (Å²) >= 11 is 1.48. The number of fused-ring (bicyclic) bond motifs is 1. The second-order valence-electron chi connectivity index (χ2n) is 6.83. The molecule has 0 aliphatic carbocycles. The van der Waals surface area contributed by atoms with Crippen molar-refractivity contribution in [1.82, 2.24) is 19.9 Å². The summed E-state index contributed by atoms with van der Waals surface area (Å²) in [6.45, 7) is 4.70. The third kappa shape index (κ3) is 3.63. The molecule has 0 aromatic carbocycles. The molecule has 0 radical (unpaired) electrons. The van der Waals surface area contributed by atoms with E-state index in [0.29, 0.717) is 24.6 Å². The van der Waals surface area contributed by atoms with Crippen molar-refractivity contribution in [3.8, 4) is 11.4 Å². The van der Waals surface area contributed by atoms with Gasteiger partial charge in [-0.2, -0.15) is 0 Å². The van der Waals surface area contributed by atoms with E-state index >= 15 is 0 Å². The van der Waals surface area contributed by atoms with E-state index in [1.807, 2.05) is 6.07 Å².